The number of nitrogen functional groups attached to an aromatic ring is 1. The molecular weight excluding hydrogens is 242 g/mol. The van der Waals surface area contributed by atoms with E-state index in [4.69, 9.17) is 10.5 Å². The first-order chi connectivity index (χ1) is 8.21. The van der Waals surface area contributed by atoms with Gasteiger partial charge in [0.25, 0.3) is 0 Å². The Morgan fingerprint density at radius 1 is 1.28 bits per heavy atom. The van der Waals surface area contributed by atoms with Crippen LogP contribution in [-0.4, -0.2) is 16.5 Å². The Kier molecular flexibility index (Phi) is 3.41. The Hall–Kier alpha value is -0.670. The minimum atomic E-state index is -0.107. The van der Waals surface area contributed by atoms with Crippen molar-refractivity contribution in [3.05, 3.63) is 23.8 Å². The number of ether oxygens (including phenoxy) is 1. The fourth-order valence-electron chi connectivity index (χ4n) is 2.61. The summed E-state index contributed by atoms with van der Waals surface area (Å²) in [6.07, 6.45) is 1.05. The monoisotopic (exact) mass is 265 g/mol. The highest BCUT2D eigenvalue weighted by molar-refractivity contribution is 8.00. The number of aryl methyl sites for hydroxylation is 1. The second-order valence-corrected chi connectivity index (χ2v) is 7.51. The van der Waals surface area contributed by atoms with Gasteiger partial charge < -0.3 is 10.5 Å². The van der Waals surface area contributed by atoms with E-state index in [1.54, 1.807) is 0 Å². The Morgan fingerprint density at radius 2 is 1.94 bits per heavy atom. The summed E-state index contributed by atoms with van der Waals surface area (Å²) in [6.45, 7) is 10.7. The van der Waals surface area contributed by atoms with Gasteiger partial charge in [0.05, 0.1) is 11.2 Å². The van der Waals surface area contributed by atoms with Crippen LogP contribution in [-0.2, 0) is 4.74 Å². The third-order valence-corrected chi connectivity index (χ3v) is 5.17. The fraction of sp³-hybridized carbons (Fsp3) is 0.600. The molecule has 18 heavy (non-hydrogen) atoms. The molecule has 2 N–H and O–H groups in total. The number of para-hydroxylation sites is 1. The average Bonchev–Trinajstić information content (AvgIpc) is 2.42. The van der Waals surface area contributed by atoms with Crippen LogP contribution in [0.25, 0.3) is 0 Å². The van der Waals surface area contributed by atoms with Crippen LogP contribution in [0.5, 0.6) is 0 Å². The maximum absolute atomic E-state index is 6.16. The summed E-state index contributed by atoms with van der Waals surface area (Å²) in [6, 6.07) is 6.23. The summed E-state index contributed by atoms with van der Waals surface area (Å²) in [5.74, 6) is 0. The highest BCUT2D eigenvalue weighted by atomic mass is 32.2. The Morgan fingerprint density at radius 3 is 2.50 bits per heavy atom. The van der Waals surface area contributed by atoms with Crippen molar-refractivity contribution in [1.29, 1.82) is 0 Å². The molecule has 0 bridgehead atoms. The highest BCUT2D eigenvalue weighted by Crippen LogP contribution is 2.47. The van der Waals surface area contributed by atoms with E-state index in [0.717, 1.165) is 17.7 Å². The smallest absolute Gasteiger partial charge is 0.0756 e. The number of rotatable bonds is 2. The maximum Gasteiger partial charge on any atom is 0.0756 e. The molecule has 1 atom stereocenters. The van der Waals surface area contributed by atoms with E-state index in [-0.39, 0.29) is 11.2 Å². The van der Waals surface area contributed by atoms with Crippen molar-refractivity contribution in [3.8, 4) is 0 Å². The molecule has 1 aromatic rings. The van der Waals surface area contributed by atoms with Gasteiger partial charge in [0, 0.05) is 15.8 Å². The van der Waals surface area contributed by atoms with Gasteiger partial charge in [-0.05, 0) is 52.7 Å². The van der Waals surface area contributed by atoms with E-state index in [2.05, 4.69) is 52.8 Å². The lowest BCUT2D eigenvalue weighted by atomic mass is 10.0. The van der Waals surface area contributed by atoms with Gasteiger partial charge >= 0.3 is 0 Å². The molecule has 0 aromatic heterocycles. The van der Waals surface area contributed by atoms with Crippen LogP contribution in [0.15, 0.2) is 23.1 Å². The third kappa shape index (κ3) is 2.67. The van der Waals surface area contributed by atoms with Gasteiger partial charge in [-0.15, -0.1) is 11.8 Å². The summed E-state index contributed by atoms with van der Waals surface area (Å²) >= 11 is 1.85. The molecule has 1 saturated heterocycles. The van der Waals surface area contributed by atoms with Crippen molar-refractivity contribution in [2.75, 3.05) is 5.73 Å². The largest absolute Gasteiger partial charge is 0.398 e. The van der Waals surface area contributed by atoms with Crippen LogP contribution in [0, 0.1) is 6.92 Å². The van der Waals surface area contributed by atoms with Gasteiger partial charge in [-0.2, -0.15) is 0 Å². The first kappa shape index (κ1) is 13.8. The third-order valence-electron chi connectivity index (χ3n) is 3.55. The lowest BCUT2D eigenvalue weighted by molar-refractivity contribution is -0.0631. The van der Waals surface area contributed by atoms with Gasteiger partial charge in [-0.3, -0.25) is 0 Å². The van der Waals surface area contributed by atoms with Gasteiger partial charge in [0.1, 0.15) is 0 Å². The molecule has 1 heterocycles. The van der Waals surface area contributed by atoms with Crippen molar-refractivity contribution in [3.63, 3.8) is 0 Å². The van der Waals surface area contributed by atoms with E-state index >= 15 is 0 Å². The molecule has 1 aromatic carbocycles. The number of anilines is 1. The number of benzene rings is 1. The maximum atomic E-state index is 6.16. The molecule has 100 valence electrons. The lowest BCUT2D eigenvalue weighted by Crippen LogP contribution is -2.31. The molecule has 2 rings (SSSR count). The number of hydrogen-bond acceptors (Lipinski definition) is 3. The van der Waals surface area contributed by atoms with Crippen LogP contribution in [0.1, 0.15) is 39.7 Å². The molecule has 0 saturated carbocycles. The van der Waals surface area contributed by atoms with Crippen molar-refractivity contribution in [2.45, 2.75) is 62.4 Å². The lowest BCUT2D eigenvalue weighted by Gasteiger charge is -2.27. The van der Waals surface area contributed by atoms with Crippen LogP contribution >= 0.6 is 11.8 Å². The Balaban J connectivity index is 2.22. The Labute approximate surface area is 114 Å². The molecule has 1 unspecified atom stereocenters. The molecule has 1 aliphatic rings. The second-order valence-electron chi connectivity index (χ2n) is 6.26. The zero-order valence-electron chi connectivity index (χ0n) is 11.9. The van der Waals surface area contributed by atoms with Gasteiger partial charge in [0.15, 0.2) is 0 Å². The van der Waals surface area contributed by atoms with E-state index in [9.17, 15) is 0 Å². The minimum absolute atomic E-state index is 0.0419. The summed E-state index contributed by atoms with van der Waals surface area (Å²) in [7, 11) is 0. The quantitative estimate of drug-likeness (QED) is 0.820. The predicted octanol–water partition coefficient (Wildman–Crippen LogP) is 4.02. The van der Waals surface area contributed by atoms with Gasteiger partial charge in [-0.25, -0.2) is 0 Å². The van der Waals surface area contributed by atoms with Crippen LogP contribution in [0.4, 0.5) is 5.69 Å². The van der Waals surface area contributed by atoms with Gasteiger partial charge in [0.2, 0.25) is 0 Å². The van der Waals surface area contributed by atoms with Crippen molar-refractivity contribution in [2.24, 2.45) is 0 Å². The standard InChI is InChI=1S/C15H23NOS/c1-10-7-6-8-11(13(10)16)18-12-9-14(2,3)17-15(12,4)5/h6-8,12H,9,16H2,1-5H3. The summed E-state index contributed by atoms with van der Waals surface area (Å²) < 4.78 is 6.13. The summed E-state index contributed by atoms with van der Waals surface area (Å²) in [4.78, 5) is 1.18. The van der Waals surface area contributed by atoms with Crippen molar-refractivity contribution < 1.29 is 4.74 Å². The molecule has 0 spiro atoms. The van der Waals surface area contributed by atoms with Crippen LogP contribution in [0.2, 0.25) is 0 Å². The predicted molar refractivity (Wildman–Crippen MR) is 79.1 cm³/mol. The van der Waals surface area contributed by atoms with Gasteiger partial charge in [-0.1, -0.05) is 12.1 Å². The highest BCUT2D eigenvalue weighted by Gasteiger charge is 2.46. The first-order valence-corrected chi connectivity index (χ1v) is 7.31. The fourth-order valence-corrected chi connectivity index (χ4v) is 4.17. The normalized spacial score (nSPS) is 25.3. The van der Waals surface area contributed by atoms with E-state index < -0.39 is 0 Å². The molecule has 1 fully saturated rings. The molecule has 0 aliphatic carbocycles. The summed E-state index contributed by atoms with van der Waals surface area (Å²) in [5.41, 5.74) is 8.06. The molecular formula is C15H23NOS. The molecule has 3 heteroatoms. The average molecular weight is 265 g/mol. The molecule has 0 amide bonds. The molecule has 2 nitrogen and oxygen atoms in total. The minimum Gasteiger partial charge on any atom is -0.398 e. The van der Waals surface area contributed by atoms with Crippen molar-refractivity contribution in [1.82, 2.24) is 0 Å². The SMILES string of the molecule is Cc1cccc(SC2CC(C)(C)OC2(C)C)c1N. The topological polar surface area (TPSA) is 35.2 Å². The zero-order chi connectivity index (χ0) is 13.6. The van der Waals surface area contributed by atoms with Crippen molar-refractivity contribution >= 4 is 17.4 Å². The first-order valence-electron chi connectivity index (χ1n) is 6.43. The van der Waals surface area contributed by atoms with Crippen LogP contribution in [0.3, 0.4) is 0 Å². The van der Waals surface area contributed by atoms with E-state index in [0.29, 0.717) is 5.25 Å². The molecule has 1 aliphatic heterocycles. The number of thioether (sulfide) groups is 1. The van der Waals surface area contributed by atoms with E-state index in [1.807, 2.05) is 11.8 Å². The van der Waals surface area contributed by atoms with E-state index in [1.165, 1.54) is 4.90 Å². The molecule has 0 radical (unpaired) electrons. The Bertz CT molecular complexity index is 454. The number of nitrogens with two attached hydrogens (primary N) is 1. The number of hydrogen-bond donors (Lipinski definition) is 1. The second kappa shape index (κ2) is 4.46. The van der Waals surface area contributed by atoms with Crippen LogP contribution < -0.4 is 5.73 Å². The summed E-state index contributed by atoms with van der Waals surface area (Å²) in [5, 5.41) is 0.441. The zero-order valence-corrected chi connectivity index (χ0v) is 12.7.